The molecule has 8 heteroatoms. The lowest BCUT2D eigenvalue weighted by molar-refractivity contribution is -0.227. The molecular formula is C15H16F3NO3S. The van der Waals surface area contributed by atoms with E-state index >= 15 is 0 Å². The highest BCUT2D eigenvalue weighted by Gasteiger charge is 2.64. The number of carboxylic acid groups (broad SMARTS) is 1. The van der Waals surface area contributed by atoms with E-state index in [0.29, 0.717) is 0 Å². The van der Waals surface area contributed by atoms with Gasteiger partial charge in [-0.1, -0.05) is 18.2 Å². The molecule has 0 bridgehead atoms. The molecule has 23 heavy (non-hydrogen) atoms. The molecule has 1 fully saturated rings. The third kappa shape index (κ3) is 3.46. The summed E-state index contributed by atoms with van der Waals surface area (Å²) in [7, 11) is 0. The molecule has 1 N–H and O–H groups in total. The van der Waals surface area contributed by atoms with Gasteiger partial charge < -0.3 is 10.0 Å². The van der Waals surface area contributed by atoms with Crippen molar-refractivity contribution in [1.82, 2.24) is 4.90 Å². The molecule has 1 atom stereocenters. The molecule has 0 aromatic heterocycles. The highest BCUT2D eigenvalue weighted by molar-refractivity contribution is 8.00. The number of likely N-dealkylation sites (tertiary alicyclic amines) is 1. The summed E-state index contributed by atoms with van der Waals surface area (Å²) >= 11 is 1.24. The number of carboxylic acids is 1. The Morgan fingerprint density at radius 3 is 2.52 bits per heavy atom. The largest absolute Gasteiger partial charge is 0.481 e. The fourth-order valence-corrected chi connectivity index (χ4v) is 3.43. The van der Waals surface area contributed by atoms with Crippen molar-refractivity contribution < 1.29 is 27.9 Å². The molecule has 2 rings (SSSR count). The molecule has 1 aromatic carbocycles. The van der Waals surface area contributed by atoms with Crippen molar-refractivity contribution >= 4 is 23.6 Å². The van der Waals surface area contributed by atoms with E-state index in [1.54, 1.807) is 0 Å². The van der Waals surface area contributed by atoms with Gasteiger partial charge in [0.1, 0.15) is 0 Å². The Morgan fingerprint density at radius 2 is 2.00 bits per heavy atom. The second-order valence-corrected chi connectivity index (χ2v) is 6.52. The standard InChI is InChI=1S/C15H16F3NO3S/c1-10-4-2-3-5-11(10)23-8-12(20)19-7-6-14(9-19,13(21)22)15(16,17)18/h2-5H,6-9H2,1H3,(H,21,22). The fourth-order valence-electron chi connectivity index (χ4n) is 2.50. The summed E-state index contributed by atoms with van der Waals surface area (Å²) in [6.45, 7) is 0.861. The van der Waals surface area contributed by atoms with E-state index in [2.05, 4.69) is 0 Å². The second kappa shape index (κ2) is 6.43. The zero-order valence-electron chi connectivity index (χ0n) is 12.4. The number of hydrogen-bond acceptors (Lipinski definition) is 3. The number of carbonyl (C=O) groups excluding carboxylic acids is 1. The van der Waals surface area contributed by atoms with Crippen LogP contribution in [0.1, 0.15) is 12.0 Å². The molecule has 1 aromatic rings. The van der Waals surface area contributed by atoms with Gasteiger partial charge in [0.25, 0.3) is 0 Å². The first-order valence-corrected chi connectivity index (χ1v) is 7.92. The maximum absolute atomic E-state index is 13.1. The molecule has 4 nitrogen and oxygen atoms in total. The average Bonchev–Trinajstić information content (AvgIpc) is 2.92. The van der Waals surface area contributed by atoms with E-state index < -0.39 is 36.4 Å². The number of alkyl halides is 3. The lowest BCUT2D eigenvalue weighted by atomic mass is 9.86. The van der Waals surface area contributed by atoms with Gasteiger partial charge in [0.15, 0.2) is 5.41 Å². The van der Waals surface area contributed by atoms with Crippen molar-refractivity contribution in [3.63, 3.8) is 0 Å². The minimum atomic E-state index is -4.88. The van der Waals surface area contributed by atoms with Gasteiger partial charge in [0.05, 0.1) is 5.75 Å². The molecule has 1 aliphatic heterocycles. The Bertz CT molecular complexity index is 620. The molecule has 1 unspecified atom stereocenters. The van der Waals surface area contributed by atoms with Gasteiger partial charge >= 0.3 is 12.1 Å². The average molecular weight is 347 g/mol. The number of halogens is 3. The molecule has 126 valence electrons. The number of amides is 1. The van der Waals surface area contributed by atoms with Gasteiger partial charge in [-0.2, -0.15) is 13.2 Å². The predicted molar refractivity (Wildman–Crippen MR) is 79.2 cm³/mol. The van der Waals surface area contributed by atoms with Crippen molar-refractivity contribution in [2.24, 2.45) is 5.41 Å². The van der Waals surface area contributed by atoms with Crippen LogP contribution in [0.3, 0.4) is 0 Å². The van der Waals surface area contributed by atoms with Crippen molar-refractivity contribution in [1.29, 1.82) is 0 Å². The Balaban J connectivity index is 2.02. The van der Waals surface area contributed by atoms with Gasteiger partial charge in [-0.25, -0.2) is 0 Å². The van der Waals surface area contributed by atoms with E-state index in [4.69, 9.17) is 5.11 Å². The molecule has 1 amide bonds. The van der Waals surface area contributed by atoms with E-state index in [9.17, 15) is 22.8 Å². The first kappa shape index (κ1) is 17.7. The molecule has 0 aliphatic carbocycles. The van der Waals surface area contributed by atoms with Crippen molar-refractivity contribution in [3.05, 3.63) is 29.8 Å². The number of carbonyl (C=O) groups is 2. The summed E-state index contributed by atoms with van der Waals surface area (Å²) in [6, 6.07) is 7.37. The Morgan fingerprint density at radius 1 is 1.35 bits per heavy atom. The lowest BCUT2D eigenvalue weighted by Gasteiger charge is -2.27. The molecule has 0 radical (unpaired) electrons. The zero-order chi connectivity index (χ0) is 17.3. The quantitative estimate of drug-likeness (QED) is 0.851. The Hall–Kier alpha value is -1.70. The van der Waals surface area contributed by atoms with Crippen LogP contribution in [-0.2, 0) is 9.59 Å². The van der Waals surface area contributed by atoms with Crippen molar-refractivity contribution in [3.8, 4) is 0 Å². The van der Waals surface area contributed by atoms with Crippen LogP contribution < -0.4 is 0 Å². The first-order valence-electron chi connectivity index (χ1n) is 6.94. The summed E-state index contributed by atoms with van der Waals surface area (Å²) in [4.78, 5) is 25.1. The van der Waals surface area contributed by atoms with Gasteiger partial charge in [-0.15, -0.1) is 11.8 Å². The van der Waals surface area contributed by atoms with Crippen LogP contribution >= 0.6 is 11.8 Å². The minimum Gasteiger partial charge on any atom is -0.481 e. The van der Waals surface area contributed by atoms with Crippen LogP contribution in [0.4, 0.5) is 13.2 Å². The monoisotopic (exact) mass is 347 g/mol. The smallest absolute Gasteiger partial charge is 0.406 e. The lowest BCUT2D eigenvalue weighted by Crippen LogP contribution is -2.48. The third-order valence-electron chi connectivity index (χ3n) is 4.02. The maximum Gasteiger partial charge on any atom is 0.406 e. The summed E-state index contributed by atoms with van der Waals surface area (Å²) in [5.41, 5.74) is -1.88. The normalized spacial score (nSPS) is 21.5. The maximum atomic E-state index is 13.1. The first-order chi connectivity index (χ1) is 10.7. The molecule has 0 spiro atoms. The Labute approximate surface area is 135 Å². The van der Waals surface area contributed by atoms with E-state index in [1.807, 2.05) is 31.2 Å². The number of hydrogen-bond donors (Lipinski definition) is 1. The molecule has 0 saturated carbocycles. The van der Waals surface area contributed by atoms with E-state index in [0.717, 1.165) is 15.4 Å². The van der Waals surface area contributed by atoms with Crippen molar-refractivity contribution in [2.45, 2.75) is 24.4 Å². The van der Waals surface area contributed by atoms with Gasteiger partial charge in [0, 0.05) is 18.0 Å². The summed E-state index contributed by atoms with van der Waals surface area (Å²) in [5.74, 6) is -2.42. The third-order valence-corrected chi connectivity index (χ3v) is 5.18. The van der Waals surface area contributed by atoms with Crippen LogP contribution in [0, 0.1) is 12.3 Å². The summed E-state index contributed by atoms with van der Waals surface area (Å²) in [6.07, 6.45) is -5.48. The van der Waals surface area contributed by atoms with E-state index in [1.165, 1.54) is 11.8 Å². The van der Waals surface area contributed by atoms with Gasteiger partial charge in [-0.05, 0) is 25.0 Å². The summed E-state index contributed by atoms with van der Waals surface area (Å²) < 4.78 is 39.2. The van der Waals surface area contributed by atoms with Gasteiger partial charge in [-0.3, -0.25) is 9.59 Å². The minimum absolute atomic E-state index is 0.0155. The zero-order valence-corrected chi connectivity index (χ0v) is 13.2. The number of nitrogens with zero attached hydrogens (tertiary/aromatic N) is 1. The van der Waals surface area contributed by atoms with Crippen molar-refractivity contribution in [2.75, 3.05) is 18.8 Å². The summed E-state index contributed by atoms with van der Waals surface area (Å²) in [5, 5.41) is 8.98. The topological polar surface area (TPSA) is 57.6 Å². The highest BCUT2D eigenvalue weighted by atomic mass is 32.2. The molecule has 1 heterocycles. The Kier molecular flexibility index (Phi) is 4.93. The van der Waals surface area contributed by atoms with Crippen LogP contribution in [0.2, 0.25) is 0 Å². The SMILES string of the molecule is Cc1ccccc1SCC(=O)N1CCC(C(=O)O)(C(F)(F)F)C1. The molecular weight excluding hydrogens is 331 g/mol. The van der Waals surface area contributed by atoms with Gasteiger partial charge in [0.2, 0.25) is 5.91 Å². The van der Waals surface area contributed by atoms with Crippen LogP contribution in [0.25, 0.3) is 0 Å². The van der Waals surface area contributed by atoms with Crippen LogP contribution in [-0.4, -0.2) is 46.9 Å². The predicted octanol–water partition coefficient (Wildman–Crippen LogP) is 2.95. The molecule has 1 saturated heterocycles. The number of thioether (sulfide) groups is 1. The fraction of sp³-hybridized carbons (Fsp3) is 0.467. The second-order valence-electron chi connectivity index (χ2n) is 5.50. The molecule has 1 aliphatic rings. The number of rotatable bonds is 4. The van der Waals surface area contributed by atoms with Crippen LogP contribution in [0.5, 0.6) is 0 Å². The van der Waals surface area contributed by atoms with E-state index in [-0.39, 0.29) is 12.3 Å². The van der Waals surface area contributed by atoms with Crippen LogP contribution in [0.15, 0.2) is 29.2 Å². The number of benzene rings is 1. The highest BCUT2D eigenvalue weighted by Crippen LogP contribution is 2.45. The number of aliphatic carboxylic acids is 1. The number of aryl methyl sites for hydroxylation is 1.